The van der Waals surface area contributed by atoms with Crippen LogP contribution in [-0.4, -0.2) is 47.2 Å². The molecule has 1 aromatic carbocycles. The third-order valence-electron chi connectivity index (χ3n) is 4.51. The van der Waals surface area contributed by atoms with E-state index in [0.29, 0.717) is 32.2 Å². The van der Waals surface area contributed by atoms with E-state index in [1.807, 2.05) is 37.5 Å². The second-order valence-corrected chi connectivity index (χ2v) is 7.55. The maximum atomic E-state index is 10.4. The maximum absolute atomic E-state index is 10.4. The van der Waals surface area contributed by atoms with Gasteiger partial charge in [0.15, 0.2) is 11.5 Å². The van der Waals surface area contributed by atoms with Crippen LogP contribution in [0.5, 0.6) is 11.5 Å². The number of benzene rings is 1. The van der Waals surface area contributed by atoms with Crippen molar-refractivity contribution in [3.8, 4) is 11.5 Å². The molecule has 2 heterocycles. The van der Waals surface area contributed by atoms with Crippen molar-refractivity contribution in [3.05, 3.63) is 47.8 Å². The fraction of sp³-hybridized carbons (Fsp3) is 0.524. The molecule has 148 valence electrons. The highest BCUT2D eigenvalue weighted by molar-refractivity contribution is 5.44. The Hall–Kier alpha value is -2.02. The van der Waals surface area contributed by atoms with E-state index >= 15 is 0 Å². The second kappa shape index (κ2) is 9.26. The third kappa shape index (κ3) is 5.73. The maximum Gasteiger partial charge on any atom is 0.231 e. The predicted molar refractivity (Wildman–Crippen MR) is 104 cm³/mol. The standard InChI is InChI=1S/C21H30N2O4/c1-16(2)13-25-14-19(24)12-23(11-18-5-4-8-22(18)3)10-17-6-7-20-21(9-17)27-15-26-20/h4-9,16,19,24H,10-15H2,1-3H3. The molecule has 3 rings (SSSR count). The van der Waals surface area contributed by atoms with E-state index in [-0.39, 0.29) is 6.79 Å². The van der Waals surface area contributed by atoms with Gasteiger partial charge in [-0.3, -0.25) is 4.90 Å². The van der Waals surface area contributed by atoms with Crippen molar-refractivity contribution in [1.29, 1.82) is 0 Å². The van der Waals surface area contributed by atoms with E-state index < -0.39 is 6.10 Å². The molecule has 2 aromatic rings. The number of aryl methyl sites for hydroxylation is 1. The number of rotatable bonds is 10. The predicted octanol–water partition coefficient (Wildman–Crippen LogP) is 2.79. The second-order valence-electron chi connectivity index (χ2n) is 7.55. The first-order valence-electron chi connectivity index (χ1n) is 9.48. The van der Waals surface area contributed by atoms with Gasteiger partial charge in [0.2, 0.25) is 6.79 Å². The lowest BCUT2D eigenvalue weighted by molar-refractivity contribution is 0.00524. The van der Waals surface area contributed by atoms with Crippen molar-refractivity contribution < 1.29 is 19.3 Å². The van der Waals surface area contributed by atoms with E-state index in [1.165, 1.54) is 5.69 Å². The van der Waals surface area contributed by atoms with Crippen molar-refractivity contribution in [3.63, 3.8) is 0 Å². The number of nitrogens with zero attached hydrogens (tertiary/aromatic N) is 2. The number of hydrogen-bond acceptors (Lipinski definition) is 5. The van der Waals surface area contributed by atoms with E-state index in [0.717, 1.165) is 23.6 Å². The van der Waals surface area contributed by atoms with Gasteiger partial charge in [-0.25, -0.2) is 0 Å². The molecule has 0 saturated heterocycles. The Morgan fingerprint density at radius 3 is 2.70 bits per heavy atom. The molecule has 0 radical (unpaired) electrons. The van der Waals surface area contributed by atoms with Crippen LogP contribution in [0.2, 0.25) is 0 Å². The average molecular weight is 374 g/mol. The molecule has 1 aromatic heterocycles. The summed E-state index contributed by atoms with van der Waals surface area (Å²) in [4.78, 5) is 2.23. The summed E-state index contributed by atoms with van der Waals surface area (Å²) in [6, 6.07) is 10.2. The van der Waals surface area contributed by atoms with Gasteiger partial charge >= 0.3 is 0 Å². The molecule has 1 aliphatic rings. The van der Waals surface area contributed by atoms with Gasteiger partial charge in [0.25, 0.3) is 0 Å². The topological polar surface area (TPSA) is 56.1 Å². The summed E-state index contributed by atoms with van der Waals surface area (Å²) in [5, 5.41) is 10.4. The largest absolute Gasteiger partial charge is 0.454 e. The Kier molecular flexibility index (Phi) is 6.77. The Balaban J connectivity index is 1.64. The van der Waals surface area contributed by atoms with Crippen LogP contribution in [0.15, 0.2) is 36.5 Å². The van der Waals surface area contributed by atoms with Crippen LogP contribution in [0.1, 0.15) is 25.1 Å². The van der Waals surface area contributed by atoms with Crippen LogP contribution >= 0.6 is 0 Å². The van der Waals surface area contributed by atoms with Crippen molar-refractivity contribution >= 4 is 0 Å². The SMILES string of the molecule is CC(C)COCC(O)CN(Cc1ccc2c(c1)OCO2)Cc1cccn1C. The lowest BCUT2D eigenvalue weighted by Crippen LogP contribution is -2.35. The zero-order valence-electron chi connectivity index (χ0n) is 16.4. The normalized spacial score (nSPS) is 14.3. The van der Waals surface area contributed by atoms with Crippen LogP contribution in [0.25, 0.3) is 0 Å². The van der Waals surface area contributed by atoms with E-state index in [4.69, 9.17) is 14.2 Å². The first kappa shape index (κ1) is 19.7. The summed E-state index contributed by atoms with van der Waals surface area (Å²) in [6.45, 7) is 7.50. The zero-order chi connectivity index (χ0) is 19.2. The van der Waals surface area contributed by atoms with Gasteiger partial charge in [0, 0.05) is 45.2 Å². The average Bonchev–Trinajstić information content (AvgIpc) is 3.23. The van der Waals surface area contributed by atoms with Crippen molar-refractivity contribution in [1.82, 2.24) is 9.47 Å². The smallest absolute Gasteiger partial charge is 0.231 e. The molecule has 27 heavy (non-hydrogen) atoms. The molecule has 0 amide bonds. The number of fused-ring (bicyclic) bond motifs is 1. The molecule has 1 atom stereocenters. The number of hydrogen-bond donors (Lipinski definition) is 1. The van der Waals surface area contributed by atoms with Crippen molar-refractivity contribution in [2.24, 2.45) is 13.0 Å². The number of aliphatic hydroxyl groups is 1. The first-order valence-corrected chi connectivity index (χ1v) is 9.48. The third-order valence-corrected chi connectivity index (χ3v) is 4.51. The van der Waals surface area contributed by atoms with Crippen LogP contribution in [0.3, 0.4) is 0 Å². The number of aliphatic hydroxyl groups excluding tert-OH is 1. The summed E-state index contributed by atoms with van der Waals surface area (Å²) in [6.07, 6.45) is 1.51. The molecule has 1 unspecified atom stereocenters. The first-order chi connectivity index (χ1) is 13.0. The van der Waals surface area contributed by atoms with E-state index in [2.05, 4.69) is 29.4 Å². The number of ether oxygens (including phenoxy) is 3. The van der Waals surface area contributed by atoms with Crippen LogP contribution in [0.4, 0.5) is 0 Å². The Bertz CT molecular complexity index is 729. The van der Waals surface area contributed by atoms with E-state index in [9.17, 15) is 5.11 Å². The summed E-state index contributed by atoms with van der Waals surface area (Å²) in [5.74, 6) is 2.03. The molecule has 6 heteroatoms. The van der Waals surface area contributed by atoms with Crippen molar-refractivity contribution in [2.75, 3.05) is 26.6 Å². The fourth-order valence-electron chi connectivity index (χ4n) is 3.16. The Morgan fingerprint density at radius 2 is 1.96 bits per heavy atom. The van der Waals surface area contributed by atoms with Crippen LogP contribution in [-0.2, 0) is 24.9 Å². The molecular formula is C21H30N2O4. The van der Waals surface area contributed by atoms with E-state index in [1.54, 1.807) is 0 Å². The lowest BCUT2D eigenvalue weighted by Gasteiger charge is -2.25. The fourth-order valence-corrected chi connectivity index (χ4v) is 3.16. The minimum atomic E-state index is -0.530. The summed E-state index contributed by atoms with van der Waals surface area (Å²) in [5.41, 5.74) is 2.33. The molecule has 0 bridgehead atoms. The Labute approximate surface area is 161 Å². The van der Waals surface area contributed by atoms with Gasteiger partial charge in [-0.05, 0) is 35.7 Å². The van der Waals surface area contributed by atoms with Gasteiger partial charge in [0.05, 0.1) is 12.7 Å². The van der Waals surface area contributed by atoms with Gasteiger partial charge < -0.3 is 23.9 Å². The minimum absolute atomic E-state index is 0.276. The lowest BCUT2D eigenvalue weighted by atomic mass is 10.1. The van der Waals surface area contributed by atoms with Gasteiger partial charge in [0.1, 0.15) is 0 Å². The van der Waals surface area contributed by atoms with Gasteiger partial charge in [-0.15, -0.1) is 0 Å². The molecule has 0 fully saturated rings. The van der Waals surface area contributed by atoms with Crippen LogP contribution in [0, 0.1) is 5.92 Å². The highest BCUT2D eigenvalue weighted by Crippen LogP contribution is 2.32. The minimum Gasteiger partial charge on any atom is -0.454 e. The zero-order valence-corrected chi connectivity index (χ0v) is 16.4. The quantitative estimate of drug-likeness (QED) is 0.693. The molecule has 0 spiro atoms. The molecule has 6 nitrogen and oxygen atoms in total. The molecule has 1 aliphatic heterocycles. The monoisotopic (exact) mass is 374 g/mol. The molecule has 0 saturated carbocycles. The summed E-state index contributed by atoms with van der Waals surface area (Å²) >= 11 is 0. The molecule has 1 N–H and O–H groups in total. The summed E-state index contributed by atoms with van der Waals surface area (Å²) < 4.78 is 18.6. The summed E-state index contributed by atoms with van der Waals surface area (Å²) in [7, 11) is 2.04. The highest BCUT2D eigenvalue weighted by atomic mass is 16.7. The number of aromatic nitrogens is 1. The van der Waals surface area contributed by atoms with Crippen molar-refractivity contribution in [2.45, 2.75) is 33.0 Å². The molecule has 0 aliphatic carbocycles. The van der Waals surface area contributed by atoms with Gasteiger partial charge in [-0.1, -0.05) is 19.9 Å². The highest BCUT2D eigenvalue weighted by Gasteiger charge is 2.18. The van der Waals surface area contributed by atoms with Gasteiger partial charge in [-0.2, -0.15) is 0 Å². The molecular weight excluding hydrogens is 344 g/mol. The Morgan fingerprint density at radius 1 is 1.15 bits per heavy atom. The van der Waals surface area contributed by atoms with Crippen LogP contribution < -0.4 is 9.47 Å².